The highest BCUT2D eigenvalue weighted by molar-refractivity contribution is 7.92. The molecule has 0 amide bonds. The van der Waals surface area contributed by atoms with Gasteiger partial charge in [0, 0.05) is 26.7 Å². The van der Waals surface area contributed by atoms with Crippen LogP contribution in [-0.4, -0.2) is 56.0 Å². The molecule has 0 bridgehead atoms. The fourth-order valence-corrected chi connectivity index (χ4v) is 4.16. The van der Waals surface area contributed by atoms with Gasteiger partial charge in [-0.2, -0.15) is 0 Å². The predicted molar refractivity (Wildman–Crippen MR) is 102 cm³/mol. The standard InChI is InChI=1S/C18H29N3O3S/c1-14(2)24-16-8-6-15(7-9-16)12-20-17(19-5)21-10-11-25(22,23)18(3,4)13-21/h6-9,14H,10-13H2,1-5H3,(H,19,20). The zero-order chi connectivity index (χ0) is 18.7. The van der Waals surface area contributed by atoms with E-state index in [2.05, 4.69) is 10.3 Å². The van der Waals surface area contributed by atoms with Gasteiger partial charge in [-0.25, -0.2) is 8.42 Å². The van der Waals surface area contributed by atoms with Crippen LogP contribution in [-0.2, 0) is 16.4 Å². The van der Waals surface area contributed by atoms with E-state index in [-0.39, 0.29) is 11.9 Å². The molecule has 6 nitrogen and oxygen atoms in total. The van der Waals surface area contributed by atoms with Gasteiger partial charge in [0.15, 0.2) is 15.8 Å². The van der Waals surface area contributed by atoms with Gasteiger partial charge in [0.2, 0.25) is 0 Å². The average molecular weight is 368 g/mol. The SMILES string of the molecule is CN=C(NCc1ccc(OC(C)C)cc1)N1CCS(=O)(=O)C(C)(C)C1. The van der Waals surface area contributed by atoms with Gasteiger partial charge in [-0.05, 0) is 45.4 Å². The molecule has 0 aliphatic carbocycles. The zero-order valence-electron chi connectivity index (χ0n) is 15.7. The van der Waals surface area contributed by atoms with Crippen molar-refractivity contribution < 1.29 is 13.2 Å². The molecule has 1 heterocycles. The van der Waals surface area contributed by atoms with E-state index in [9.17, 15) is 8.42 Å². The van der Waals surface area contributed by atoms with Crippen LogP contribution in [0.5, 0.6) is 5.75 Å². The van der Waals surface area contributed by atoms with Crippen LogP contribution < -0.4 is 10.1 Å². The summed E-state index contributed by atoms with van der Waals surface area (Å²) >= 11 is 0. The number of hydrogen-bond acceptors (Lipinski definition) is 4. The Morgan fingerprint density at radius 2 is 1.96 bits per heavy atom. The maximum Gasteiger partial charge on any atom is 0.193 e. The van der Waals surface area contributed by atoms with Gasteiger partial charge in [-0.1, -0.05) is 12.1 Å². The molecule has 140 valence electrons. The molecule has 25 heavy (non-hydrogen) atoms. The van der Waals surface area contributed by atoms with Crippen molar-refractivity contribution in [1.29, 1.82) is 0 Å². The maximum absolute atomic E-state index is 12.1. The fraction of sp³-hybridized carbons (Fsp3) is 0.611. The van der Waals surface area contributed by atoms with Gasteiger partial charge in [-0.3, -0.25) is 4.99 Å². The maximum atomic E-state index is 12.1. The first-order chi connectivity index (χ1) is 11.6. The Balaban J connectivity index is 1.97. The summed E-state index contributed by atoms with van der Waals surface area (Å²) in [4.78, 5) is 6.32. The van der Waals surface area contributed by atoms with Crippen molar-refractivity contribution in [2.75, 3.05) is 25.9 Å². The Hall–Kier alpha value is -1.76. The second-order valence-corrected chi connectivity index (χ2v) is 9.95. The molecule has 0 saturated carbocycles. The number of guanidine groups is 1. The molecule has 0 radical (unpaired) electrons. The van der Waals surface area contributed by atoms with Crippen LogP contribution in [0.15, 0.2) is 29.3 Å². The van der Waals surface area contributed by atoms with Crippen LogP contribution in [0.1, 0.15) is 33.3 Å². The molecule has 1 aliphatic rings. The van der Waals surface area contributed by atoms with Gasteiger partial charge in [0.1, 0.15) is 5.75 Å². The summed E-state index contributed by atoms with van der Waals surface area (Å²) in [5.74, 6) is 1.73. The smallest absolute Gasteiger partial charge is 0.193 e. The van der Waals surface area contributed by atoms with Gasteiger partial charge >= 0.3 is 0 Å². The van der Waals surface area contributed by atoms with Crippen LogP contribution >= 0.6 is 0 Å². The third-order valence-corrected chi connectivity index (χ3v) is 6.83. The van der Waals surface area contributed by atoms with E-state index < -0.39 is 14.6 Å². The molecular weight excluding hydrogens is 338 g/mol. The number of aliphatic imine (C=N–C) groups is 1. The van der Waals surface area contributed by atoms with Gasteiger partial charge in [0.05, 0.1) is 16.6 Å². The molecule has 0 spiro atoms. The van der Waals surface area contributed by atoms with Crippen LogP contribution in [0.4, 0.5) is 0 Å². The normalized spacial score (nSPS) is 19.8. The molecular formula is C18H29N3O3S. The first-order valence-corrected chi connectivity index (χ1v) is 10.2. The molecule has 1 aromatic rings. The molecule has 0 atom stereocenters. The minimum Gasteiger partial charge on any atom is -0.491 e. The van der Waals surface area contributed by atoms with Gasteiger partial charge < -0.3 is 15.0 Å². The molecule has 1 fully saturated rings. The van der Waals surface area contributed by atoms with Crippen molar-refractivity contribution in [3.05, 3.63) is 29.8 Å². The van der Waals surface area contributed by atoms with E-state index in [0.29, 0.717) is 19.6 Å². The number of nitrogens with zero attached hydrogens (tertiary/aromatic N) is 2. The number of hydrogen-bond donors (Lipinski definition) is 1. The first kappa shape index (κ1) is 19.6. The van der Waals surface area contributed by atoms with E-state index in [1.807, 2.05) is 43.0 Å². The number of sulfone groups is 1. The molecule has 1 saturated heterocycles. The van der Waals surface area contributed by atoms with Crippen molar-refractivity contribution in [2.45, 2.75) is 45.1 Å². The minimum absolute atomic E-state index is 0.154. The Morgan fingerprint density at radius 1 is 1.32 bits per heavy atom. The second-order valence-electron chi connectivity index (χ2n) is 7.21. The number of nitrogens with one attached hydrogen (secondary N) is 1. The van der Waals surface area contributed by atoms with E-state index in [1.54, 1.807) is 20.9 Å². The Bertz CT molecular complexity index is 710. The highest BCUT2D eigenvalue weighted by Gasteiger charge is 2.40. The molecule has 7 heteroatoms. The molecule has 1 N–H and O–H groups in total. The quantitative estimate of drug-likeness (QED) is 0.651. The van der Waals surface area contributed by atoms with Crippen molar-refractivity contribution in [2.24, 2.45) is 4.99 Å². The summed E-state index contributed by atoms with van der Waals surface area (Å²) in [6.45, 7) is 9.07. The number of ether oxygens (including phenoxy) is 1. The summed E-state index contributed by atoms with van der Waals surface area (Å²) in [6.07, 6.45) is 0.154. The topological polar surface area (TPSA) is 71.0 Å². The summed E-state index contributed by atoms with van der Waals surface area (Å²) in [6, 6.07) is 7.94. The van der Waals surface area contributed by atoms with E-state index in [4.69, 9.17) is 4.74 Å². The van der Waals surface area contributed by atoms with Crippen molar-refractivity contribution in [3.8, 4) is 5.75 Å². The Labute approximate surface area is 151 Å². The molecule has 2 rings (SSSR count). The van der Waals surface area contributed by atoms with Crippen LogP contribution in [0.3, 0.4) is 0 Å². The lowest BCUT2D eigenvalue weighted by Crippen LogP contribution is -2.57. The van der Waals surface area contributed by atoms with E-state index in [0.717, 1.165) is 17.3 Å². The van der Waals surface area contributed by atoms with Crippen LogP contribution in [0.2, 0.25) is 0 Å². The lowest BCUT2D eigenvalue weighted by Gasteiger charge is -2.39. The van der Waals surface area contributed by atoms with Crippen molar-refractivity contribution >= 4 is 15.8 Å². The average Bonchev–Trinajstić information content (AvgIpc) is 2.52. The Morgan fingerprint density at radius 3 is 2.48 bits per heavy atom. The predicted octanol–water partition coefficient (Wildman–Crippen LogP) is 2.06. The highest BCUT2D eigenvalue weighted by Crippen LogP contribution is 2.23. The van der Waals surface area contributed by atoms with Gasteiger partial charge in [0.25, 0.3) is 0 Å². The van der Waals surface area contributed by atoms with Crippen molar-refractivity contribution in [1.82, 2.24) is 10.2 Å². The monoisotopic (exact) mass is 367 g/mol. The van der Waals surface area contributed by atoms with Gasteiger partial charge in [-0.15, -0.1) is 0 Å². The third kappa shape index (κ3) is 4.87. The minimum atomic E-state index is -3.06. The molecule has 0 unspecified atom stereocenters. The number of benzene rings is 1. The molecule has 0 aromatic heterocycles. The highest BCUT2D eigenvalue weighted by atomic mass is 32.2. The van der Waals surface area contributed by atoms with Crippen LogP contribution in [0.25, 0.3) is 0 Å². The second kappa shape index (κ2) is 7.64. The number of rotatable bonds is 4. The van der Waals surface area contributed by atoms with Crippen LogP contribution in [0, 0.1) is 0 Å². The largest absolute Gasteiger partial charge is 0.491 e. The van der Waals surface area contributed by atoms with E-state index in [1.165, 1.54) is 0 Å². The van der Waals surface area contributed by atoms with E-state index >= 15 is 0 Å². The summed E-state index contributed by atoms with van der Waals surface area (Å²) in [5, 5.41) is 3.32. The fourth-order valence-electron chi connectivity index (χ4n) is 2.80. The lowest BCUT2D eigenvalue weighted by molar-refractivity contribution is 0.242. The summed E-state index contributed by atoms with van der Waals surface area (Å²) < 4.78 is 29.2. The zero-order valence-corrected chi connectivity index (χ0v) is 16.6. The Kier molecular flexibility index (Phi) is 5.98. The summed E-state index contributed by atoms with van der Waals surface area (Å²) in [7, 11) is -1.34. The molecule has 1 aromatic carbocycles. The first-order valence-electron chi connectivity index (χ1n) is 8.58. The van der Waals surface area contributed by atoms with Crippen molar-refractivity contribution in [3.63, 3.8) is 0 Å². The third-order valence-electron chi connectivity index (χ3n) is 4.30. The lowest BCUT2D eigenvalue weighted by atomic mass is 10.2. The summed E-state index contributed by atoms with van der Waals surface area (Å²) in [5.41, 5.74) is 1.11. The molecule has 1 aliphatic heterocycles.